The molecule has 0 spiro atoms. The van der Waals surface area contributed by atoms with Crippen molar-refractivity contribution in [2.24, 2.45) is 0 Å². The first-order chi connectivity index (χ1) is 7.40. The van der Waals surface area contributed by atoms with Crippen LogP contribution >= 0.6 is 0 Å². The van der Waals surface area contributed by atoms with E-state index in [0.29, 0.717) is 5.75 Å². The van der Waals surface area contributed by atoms with Crippen LogP contribution in [0.3, 0.4) is 0 Å². The summed E-state index contributed by atoms with van der Waals surface area (Å²) in [6, 6.07) is 17.0. The first kappa shape index (κ1) is 9.46. The molecule has 0 radical (unpaired) electrons. The van der Waals surface area contributed by atoms with E-state index in [2.05, 4.69) is 0 Å². The van der Waals surface area contributed by atoms with Crippen LogP contribution in [0, 0.1) is 5.41 Å². The minimum Gasteiger partial charge on any atom is -0.457 e. The lowest BCUT2D eigenvalue weighted by Gasteiger charge is -2.07. The van der Waals surface area contributed by atoms with E-state index in [-0.39, 0.29) is 0 Å². The summed E-state index contributed by atoms with van der Waals surface area (Å²) in [7, 11) is 0. The van der Waals surface area contributed by atoms with Gasteiger partial charge in [-0.25, -0.2) is 0 Å². The second kappa shape index (κ2) is 4.42. The number of nitrogens with one attached hydrogen (secondary N) is 1. The predicted molar refractivity (Wildman–Crippen MR) is 60.8 cm³/mol. The molecular weight excluding hydrogens is 186 g/mol. The molecule has 2 aromatic carbocycles. The highest BCUT2D eigenvalue weighted by atomic mass is 16.5. The van der Waals surface area contributed by atoms with E-state index in [1.807, 2.05) is 54.6 Å². The average Bonchev–Trinajstić information content (AvgIpc) is 2.31. The van der Waals surface area contributed by atoms with E-state index in [0.717, 1.165) is 11.3 Å². The van der Waals surface area contributed by atoms with Gasteiger partial charge in [-0.2, -0.15) is 0 Å². The fraction of sp³-hybridized carbons (Fsp3) is 0. The number of hydrogen-bond acceptors (Lipinski definition) is 2. The Labute approximate surface area is 88.7 Å². The number of ether oxygens (including phenoxy) is 1. The lowest BCUT2D eigenvalue weighted by atomic mass is 10.2. The summed E-state index contributed by atoms with van der Waals surface area (Å²) in [5.74, 6) is 1.49. The predicted octanol–water partition coefficient (Wildman–Crippen LogP) is 3.48. The van der Waals surface area contributed by atoms with Crippen molar-refractivity contribution in [3.63, 3.8) is 0 Å². The Bertz CT molecular complexity index is 451. The number of para-hydroxylation sites is 2. The zero-order chi connectivity index (χ0) is 10.5. The summed E-state index contributed by atoms with van der Waals surface area (Å²) < 4.78 is 5.65. The third kappa shape index (κ3) is 2.23. The van der Waals surface area contributed by atoms with Crippen LogP contribution in [0.2, 0.25) is 0 Å². The summed E-state index contributed by atoms with van der Waals surface area (Å²) >= 11 is 0. The normalized spacial score (nSPS) is 9.60. The quantitative estimate of drug-likeness (QED) is 0.751. The molecule has 2 aromatic rings. The minimum atomic E-state index is 0.707. The van der Waals surface area contributed by atoms with E-state index < -0.39 is 0 Å². The molecule has 2 nitrogen and oxygen atoms in total. The standard InChI is InChI=1S/C13H11NO/c14-10-11-6-4-5-9-13(11)15-12-7-2-1-3-8-12/h1-10,14H. The van der Waals surface area contributed by atoms with E-state index in [1.54, 1.807) is 0 Å². The van der Waals surface area contributed by atoms with Gasteiger partial charge < -0.3 is 10.1 Å². The molecule has 0 unspecified atom stereocenters. The Morgan fingerprint density at radius 1 is 0.867 bits per heavy atom. The molecule has 0 aliphatic carbocycles. The highest BCUT2D eigenvalue weighted by Gasteiger charge is 2.00. The zero-order valence-corrected chi connectivity index (χ0v) is 8.18. The van der Waals surface area contributed by atoms with Crippen molar-refractivity contribution < 1.29 is 4.74 Å². The average molecular weight is 197 g/mol. The molecule has 15 heavy (non-hydrogen) atoms. The van der Waals surface area contributed by atoms with Crippen LogP contribution in [0.25, 0.3) is 0 Å². The molecule has 0 saturated heterocycles. The number of rotatable bonds is 3. The SMILES string of the molecule is N=Cc1ccccc1Oc1ccccc1. The molecule has 0 fully saturated rings. The topological polar surface area (TPSA) is 33.1 Å². The fourth-order valence-corrected chi connectivity index (χ4v) is 1.31. The molecule has 0 amide bonds. The Morgan fingerprint density at radius 3 is 2.27 bits per heavy atom. The summed E-state index contributed by atoms with van der Waals surface area (Å²) in [6.45, 7) is 0. The van der Waals surface area contributed by atoms with Gasteiger partial charge in [-0.1, -0.05) is 30.3 Å². The van der Waals surface area contributed by atoms with E-state index >= 15 is 0 Å². The summed E-state index contributed by atoms with van der Waals surface area (Å²) in [6.07, 6.45) is 1.29. The van der Waals surface area contributed by atoms with Gasteiger partial charge in [0.1, 0.15) is 11.5 Å². The van der Waals surface area contributed by atoms with Crippen LogP contribution in [0.5, 0.6) is 11.5 Å². The van der Waals surface area contributed by atoms with Crippen LogP contribution in [0.15, 0.2) is 54.6 Å². The van der Waals surface area contributed by atoms with Crippen molar-refractivity contribution >= 4 is 6.21 Å². The Kier molecular flexibility index (Phi) is 2.79. The Balaban J connectivity index is 2.28. The van der Waals surface area contributed by atoms with Gasteiger partial charge in [-0.15, -0.1) is 0 Å². The summed E-state index contributed by atoms with van der Waals surface area (Å²) in [5, 5.41) is 7.25. The van der Waals surface area contributed by atoms with Gasteiger partial charge in [0.15, 0.2) is 0 Å². The van der Waals surface area contributed by atoms with E-state index in [1.165, 1.54) is 6.21 Å². The monoisotopic (exact) mass is 197 g/mol. The van der Waals surface area contributed by atoms with E-state index in [9.17, 15) is 0 Å². The Morgan fingerprint density at radius 2 is 1.53 bits per heavy atom. The largest absolute Gasteiger partial charge is 0.457 e. The first-order valence-electron chi connectivity index (χ1n) is 4.72. The maximum atomic E-state index is 7.25. The van der Waals surface area contributed by atoms with Crippen LogP contribution in [-0.4, -0.2) is 6.21 Å². The first-order valence-corrected chi connectivity index (χ1v) is 4.72. The van der Waals surface area contributed by atoms with Crippen molar-refractivity contribution in [2.75, 3.05) is 0 Å². The van der Waals surface area contributed by atoms with Crippen LogP contribution in [-0.2, 0) is 0 Å². The zero-order valence-electron chi connectivity index (χ0n) is 8.18. The second-order valence-electron chi connectivity index (χ2n) is 3.10. The molecule has 0 atom stereocenters. The van der Waals surface area contributed by atoms with Gasteiger partial charge in [-0.3, -0.25) is 0 Å². The minimum absolute atomic E-state index is 0.707. The smallest absolute Gasteiger partial charge is 0.136 e. The van der Waals surface area contributed by atoms with Crippen molar-refractivity contribution in [3.05, 3.63) is 60.2 Å². The molecule has 1 N–H and O–H groups in total. The molecular formula is C13H11NO. The van der Waals surface area contributed by atoms with Gasteiger partial charge in [0.25, 0.3) is 0 Å². The third-order valence-corrected chi connectivity index (χ3v) is 2.05. The molecule has 2 heteroatoms. The highest BCUT2D eigenvalue weighted by Crippen LogP contribution is 2.23. The lowest BCUT2D eigenvalue weighted by Crippen LogP contribution is -1.89. The van der Waals surface area contributed by atoms with Gasteiger partial charge >= 0.3 is 0 Å². The third-order valence-electron chi connectivity index (χ3n) is 2.05. The molecule has 0 saturated carbocycles. The van der Waals surface area contributed by atoms with Gasteiger partial charge in [0.2, 0.25) is 0 Å². The molecule has 74 valence electrons. The molecule has 0 aromatic heterocycles. The van der Waals surface area contributed by atoms with Crippen molar-refractivity contribution in [1.82, 2.24) is 0 Å². The van der Waals surface area contributed by atoms with Crippen molar-refractivity contribution in [3.8, 4) is 11.5 Å². The van der Waals surface area contributed by atoms with Gasteiger partial charge in [0, 0.05) is 11.8 Å². The van der Waals surface area contributed by atoms with Gasteiger partial charge in [0.05, 0.1) is 0 Å². The van der Waals surface area contributed by atoms with Crippen molar-refractivity contribution in [1.29, 1.82) is 5.41 Å². The molecule has 2 rings (SSSR count). The summed E-state index contributed by atoms with van der Waals surface area (Å²) in [4.78, 5) is 0. The molecule has 0 heterocycles. The number of benzene rings is 2. The molecule has 0 aliphatic heterocycles. The maximum Gasteiger partial charge on any atom is 0.136 e. The van der Waals surface area contributed by atoms with E-state index in [4.69, 9.17) is 10.1 Å². The molecule has 0 bridgehead atoms. The van der Waals surface area contributed by atoms with Gasteiger partial charge in [-0.05, 0) is 24.3 Å². The maximum absolute atomic E-state index is 7.25. The van der Waals surface area contributed by atoms with Crippen LogP contribution in [0.4, 0.5) is 0 Å². The fourth-order valence-electron chi connectivity index (χ4n) is 1.31. The number of hydrogen-bond donors (Lipinski definition) is 1. The van der Waals surface area contributed by atoms with Crippen LogP contribution < -0.4 is 4.74 Å². The Hall–Kier alpha value is -2.09. The summed E-state index contributed by atoms with van der Waals surface area (Å²) in [5.41, 5.74) is 0.779. The lowest BCUT2D eigenvalue weighted by molar-refractivity contribution is 0.482. The van der Waals surface area contributed by atoms with Crippen molar-refractivity contribution in [2.45, 2.75) is 0 Å². The highest BCUT2D eigenvalue weighted by molar-refractivity contribution is 5.81. The molecule has 0 aliphatic rings. The van der Waals surface area contributed by atoms with Crippen LogP contribution in [0.1, 0.15) is 5.56 Å². The second-order valence-corrected chi connectivity index (χ2v) is 3.10.